The molecule has 0 fully saturated rings. The molecule has 1 aliphatic rings. The molecule has 0 radical (unpaired) electrons. The van der Waals surface area contributed by atoms with Gasteiger partial charge >= 0.3 is 0 Å². The minimum Gasteiger partial charge on any atom is -0.494 e. The zero-order valence-electron chi connectivity index (χ0n) is 14.2. The van der Waals surface area contributed by atoms with Gasteiger partial charge in [-0.25, -0.2) is 9.67 Å². The molecule has 1 N–H and O–H groups in total. The van der Waals surface area contributed by atoms with E-state index >= 15 is 0 Å². The van der Waals surface area contributed by atoms with E-state index < -0.39 is 0 Å². The van der Waals surface area contributed by atoms with Crippen LogP contribution in [0.2, 0.25) is 0 Å². The summed E-state index contributed by atoms with van der Waals surface area (Å²) in [4.78, 5) is 15.8. The maximum Gasteiger partial charge on any atom is 0.252 e. The number of fused-ring (bicyclic) bond motifs is 1. The maximum atomic E-state index is 12.1. The number of benzene rings is 1. The lowest BCUT2D eigenvalue weighted by Gasteiger charge is -2.13. The maximum absolute atomic E-state index is 12.1. The van der Waals surface area contributed by atoms with Crippen molar-refractivity contribution in [2.45, 2.75) is 39.5 Å². The lowest BCUT2D eigenvalue weighted by Crippen LogP contribution is -2.27. The number of carbonyl (C=O) groups excluding carboxylic acids is 1. The largest absolute Gasteiger partial charge is 0.494 e. The van der Waals surface area contributed by atoms with Crippen molar-refractivity contribution >= 4 is 5.91 Å². The summed E-state index contributed by atoms with van der Waals surface area (Å²) in [6.07, 6.45) is 2.36. The minimum atomic E-state index is -0.230. The predicted octanol–water partition coefficient (Wildman–Crippen LogP) is 1.19. The van der Waals surface area contributed by atoms with Crippen LogP contribution in [0.15, 0.2) is 18.5 Å². The third kappa shape index (κ3) is 3.88. The lowest BCUT2D eigenvalue weighted by atomic mass is 10.1. The van der Waals surface area contributed by atoms with E-state index in [4.69, 9.17) is 14.7 Å². The normalized spacial score (nSPS) is 15.2. The molecule has 1 aromatic heterocycles. The standard InChI is InChI=1S/C17H19N5O3/c1-3-24-14-5-12-4-11(2)25-15(12)6-13(14)8-19-17(23)9-22-10-20-16(7-18)21-22/h5-6,10-11H,3-4,8-9H2,1-2H3,(H,19,23). The Kier molecular flexibility index (Phi) is 4.84. The van der Waals surface area contributed by atoms with Crippen LogP contribution < -0.4 is 14.8 Å². The first-order chi connectivity index (χ1) is 12.1. The van der Waals surface area contributed by atoms with E-state index in [0.717, 1.165) is 29.0 Å². The van der Waals surface area contributed by atoms with E-state index in [1.165, 1.54) is 11.0 Å². The average molecular weight is 341 g/mol. The Balaban J connectivity index is 1.66. The molecule has 0 spiro atoms. The van der Waals surface area contributed by atoms with E-state index in [-0.39, 0.29) is 24.4 Å². The Labute approximate surface area is 145 Å². The highest BCUT2D eigenvalue weighted by atomic mass is 16.5. The second-order valence-electron chi connectivity index (χ2n) is 5.79. The van der Waals surface area contributed by atoms with Gasteiger partial charge in [0.1, 0.15) is 36.5 Å². The van der Waals surface area contributed by atoms with E-state index in [9.17, 15) is 4.79 Å². The first-order valence-corrected chi connectivity index (χ1v) is 8.10. The van der Waals surface area contributed by atoms with Gasteiger partial charge in [0.2, 0.25) is 5.91 Å². The molecule has 0 saturated heterocycles. The van der Waals surface area contributed by atoms with Gasteiger partial charge in [-0.3, -0.25) is 4.79 Å². The molecule has 0 bridgehead atoms. The highest BCUT2D eigenvalue weighted by molar-refractivity contribution is 5.75. The molecule has 8 heteroatoms. The van der Waals surface area contributed by atoms with E-state index in [2.05, 4.69) is 15.4 Å². The van der Waals surface area contributed by atoms with Gasteiger partial charge in [0.05, 0.1) is 6.61 Å². The molecule has 1 aliphatic heterocycles. The molecule has 25 heavy (non-hydrogen) atoms. The fourth-order valence-corrected chi connectivity index (χ4v) is 2.73. The zero-order valence-corrected chi connectivity index (χ0v) is 14.2. The Morgan fingerprint density at radius 1 is 1.56 bits per heavy atom. The number of hydrogen-bond donors (Lipinski definition) is 1. The number of nitrogens with zero attached hydrogens (tertiary/aromatic N) is 4. The molecule has 2 aromatic rings. The summed E-state index contributed by atoms with van der Waals surface area (Å²) in [6.45, 7) is 4.81. The van der Waals surface area contributed by atoms with Crippen LogP contribution in [0.5, 0.6) is 11.5 Å². The number of ether oxygens (including phenoxy) is 2. The highest BCUT2D eigenvalue weighted by Gasteiger charge is 2.22. The topological polar surface area (TPSA) is 102 Å². The van der Waals surface area contributed by atoms with E-state index in [1.807, 2.05) is 32.0 Å². The number of rotatable bonds is 6. The molecular weight excluding hydrogens is 322 g/mol. The third-order valence-corrected chi connectivity index (χ3v) is 3.80. The Morgan fingerprint density at radius 2 is 2.40 bits per heavy atom. The van der Waals surface area contributed by atoms with Crippen molar-refractivity contribution in [3.8, 4) is 17.6 Å². The second kappa shape index (κ2) is 7.21. The van der Waals surface area contributed by atoms with Crippen molar-refractivity contribution in [3.05, 3.63) is 35.4 Å². The van der Waals surface area contributed by atoms with Crippen LogP contribution in [0.1, 0.15) is 30.8 Å². The van der Waals surface area contributed by atoms with Gasteiger partial charge in [-0.1, -0.05) is 0 Å². The molecule has 130 valence electrons. The van der Waals surface area contributed by atoms with Crippen LogP contribution in [0.4, 0.5) is 0 Å². The molecule has 8 nitrogen and oxygen atoms in total. The molecule has 1 unspecified atom stereocenters. The van der Waals surface area contributed by atoms with Crippen molar-refractivity contribution in [3.63, 3.8) is 0 Å². The van der Waals surface area contributed by atoms with Gasteiger partial charge in [0.25, 0.3) is 5.82 Å². The van der Waals surface area contributed by atoms with Crippen molar-refractivity contribution in [1.82, 2.24) is 20.1 Å². The molecule has 3 rings (SSSR count). The number of aromatic nitrogens is 3. The predicted molar refractivity (Wildman–Crippen MR) is 88.0 cm³/mol. The second-order valence-corrected chi connectivity index (χ2v) is 5.79. The van der Waals surface area contributed by atoms with Gasteiger partial charge in [0.15, 0.2) is 0 Å². The first kappa shape index (κ1) is 16.8. The molecule has 1 aromatic carbocycles. The number of hydrogen-bond acceptors (Lipinski definition) is 6. The molecule has 0 aliphatic carbocycles. The lowest BCUT2D eigenvalue weighted by molar-refractivity contribution is -0.122. The van der Waals surface area contributed by atoms with Gasteiger partial charge in [0, 0.05) is 24.1 Å². The Morgan fingerprint density at radius 3 is 3.12 bits per heavy atom. The summed E-state index contributed by atoms with van der Waals surface area (Å²) in [5.41, 5.74) is 1.98. The average Bonchev–Trinajstić information content (AvgIpc) is 3.17. The monoisotopic (exact) mass is 341 g/mol. The van der Waals surface area contributed by atoms with E-state index in [0.29, 0.717) is 13.2 Å². The Bertz CT molecular complexity index is 824. The summed E-state index contributed by atoms with van der Waals surface area (Å²) >= 11 is 0. The van der Waals surface area contributed by atoms with Crippen molar-refractivity contribution < 1.29 is 14.3 Å². The fourth-order valence-electron chi connectivity index (χ4n) is 2.73. The Hall–Kier alpha value is -3.08. The van der Waals surface area contributed by atoms with Crippen LogP contribution in [0.25, 0.3) is 0 Å². The summed E-state index contributed by atoms with van der Waals surface area (Å²) in [7, 11) is 0. The molecule has 1 atom stereocenters. The van der Waals surface area contributed by atoms with Crippen molar-refractivity contribution in [2.24, 2.45) is 0 Å². The summed E-state index contributed by atoms with van der Waals surface area (Å²) in [5.74, 6) is 1.41. The fraction of sp³-hybridized carbons (Fsp3) is 0.412. The van der Waals surface area contributed by atoms with Gasteiger partial charge < -0.3 is 14.8 Å². The van der Waals surface area contributed by atoms with Crippen LogP contribution in [0, 0.1) is 11.3 Å². The minimum absolute atomic E-state index is 0.00285. The summed E-state index contributed by atoms with van der Waals surface area (Å²) in [5, 5.41) is 15.4. The summed E-state index contributed by atoms with van der Waals surface area (Å²) in [6, 6.07) is 5.73. The van der Waals surface area contributed by atoms with Crippen molar-refractivity contribution in [1.29, 1.82) is 5.26 Å². The van der Waals surface area contributed by atoms with Crippen LogP contribution in [-0.4, -0.2) is 33.4 Å². The number of amides is 1. The smallest absolute Gasteiger partial charge is 0.252 e. The van der Waals surface area contributed by atoms with Crippen molar-refractivity contribution in [2.75, 3.05) is 6.61 Å². The molecular formula is C17H19N5O3. The number of carbonyl (C=O) groups is 1. The van der Waals surface area contributed by atoms with Gasteiger partial charge in [-0.05, 0) is 26.0 Å². The third-order valence-electron chi connectivity index (χ3n) is 3.80. The number of nitrogens with one attached hydrogen (secondary N) is 1. The van der Waals surface area contributed by atoms with Crippen LogP contribution >= 0.6 is 0 Å². The molecule has 1 amide bonds. The zero-order chi connectivity index (χ0) is 17.8. The quantitative estimate of drug-likeness (QED) is 0.847. The van der Waals surface area contributed by atoms with Gasteiger partial charge in [-0.15, -0.1) is 5.10 Å². The molecule has 0 saturated carbocycles. The SMILES string of the molecule is CCOc1cc2c(cc1CNC(=O)Cn1cnc(C#N)n1)OC(C)C2. The van der Waals surface area contributed by atoms with Crippen LogP contribution in [0.3, 0.4) is 0 Å². The number of nitriles is 1. The molecule has 2 heterocycles. The van der Waals surface area contributed by atoms with Crippen LogP contribution in [-0.2, 0) is 24.3 Å². The first-order valence-electron chi connectivity index (χ1n) is 8.10. The van der Waals surface area contributed by atoms with Gasteiger partial charge in [-0.2, -0.15) is 5.26 Å². The van der Waals surface area contributed by atoms with E-state index in [1.54, 1.807) is 0 Å². The highest BCUT2D eigenvalue weighted by Crippen LogP contribution is 2.35. The summed E-state index contributed by atoms with van der Waals surface area (Å²) < 4.78 is 12.8.